The number of hydrogen-bond donors (Lipinski definition) is 0. The molecule has 144 valence electrons. The van der Waals surface area contributed by atoms with Gasteiger partial charge in [0.2, 0.25) is 15.9 Å². The Morgan fingerprint density at radius 1 is 1.04 bits per heavy atom. The predicted molar refractivity (Wildman–Crippen MR) is 108 cm³/mol. The van der Waals surface area contributed by atoms with Gasteiger partial charge < -0.3 is 4.90 Å². The van der Waals surface area contributed by atoms with E-state index in [0.29, 0.717) is 19.5 Å². The van der Waals surface area contributed by atoms with Crippen LogP contribution in [0.25, 0.3) is 0 Å². The maximum atomic E-state index is 12.8. The van der Waals surface area contributed by atoms with Crippen molar-refractivity contribution >= 4 is 21.6 Å². The Balaban J connectivity index is 1.63. The van der Waals surface area contributed by atoms with E-state index in [0.717, 1.165) is 24.1 Å². The second-order valence-electron chi connectivity index (χ2n) is 6.93. The smallest absolute Gasteiger partial charge is 0.228 e. The zero-order valence-corrected chi connectivity index (χ0v) is 16.5. The number of sulfonamides is 1. The molecule has 0 saturated carbocycles. The van der Waals surface area contributed by atoms with Gasteiger partial charge in [-0.15, -0.1) is 0 Å². The normalized spacial score (nSPS) is 14.2. The lowest BCUT2D eigenvalue weighted by Gasteiger charge is -2.30. The van der Waals surface area contributed by atoms with Crippen molar-refractivity contribution < 1.29 is 13.2 Å². The van der Waals surface area contributed by atoms with Crippen molar-refractivity contribution in [2.45, 2.75) is 25.7 Å². The van der Waals surface area contributed by atoms with Crippen LogP contribution in [0.2, 0.25) is 0 Å². The molecular weight excluding hydrogens is 360 g/mol. The molecule has 0 aliphatic carbocycles. The molecule has 0 atom stereocenters. The van der Waals surface area contributed by atoms with Crippen LogP contribution in [0.5, 0.6) is 0 Å². The van der Waals surface area contributed by atoms with E-state index in [2.05, 4.69) is 6.07 Å². The minimum absolute atomic E-state index is 0.0180. The fourth-order valence-corrected chi connectivity index (χ4v) is 4.34. The van der Waals surface area contributed by atoms with Gasteiger partial charge in [0.05, 0.1) is 6.26 Å². The standard InChI is InChI=1S/C21H26N2O3S/c1-27(25,26)22(16-13-18-8-3-2-4-9-18)17-14-21(24)23-15-7-11-19-10-5-6-12-20(19)23/h2-6,8-10,12H,7,11,13-17H2,1H3. The SMILES string of the molecule is CS(=O)(=O)N(CCC(=O)N1CCCc2ccccc21)CCc1ccccc1. The van der Waals surface area contributed by atoms with E-state index in [1.807, 2.05) is 48.5 Å². The van der Waals surface area contributed by atoms with Crippen molar-refractivity contribution in [2.75, 3.05) is 30.8 Å². The molecule has 0 saturated heterocycles. The molecule has 0 unspecified atom stereocenters. The molecule has 1 aliphatic heterocycles. The van der Waals surface area contributed by atoms with E-state index in [9.17, 15) is 13.2 Å². The van der Waals surface area contributed by atoms with Gasteiger partial charge in [0.25, 0.3) is 0 Å². The van der Waals surface area contributed by atoms with Crippen LogP contribution in [0.1, 0.15) is 24.0 Å². The second kappa shape index (κ2) is 8.67. The monoisotopic (exact) mass is 386 g/mol. The van der Waals surface area contributed by atoms with Crippen molar-refractivity contribution in [1.29, 1.82) is 0 Å². The molecule has 0 spiro atoms. The van der Waals surface area contributed by atoms with Crippen LogP contribution in [0.4, 0.5) is 5.69 Å². The number of fused-ring (bicyclic) bond motifs is 1. The number of carbonyl (C=O) groups is 1. The molecule has 1 amide bonds. The van der Waals surface area contributed by atoms with Crippen molar-refractivity contribution in [3.8, 4) is 0 Å². The molecular formula is C21H26N2O3S. The van der Waals surface area contributed by atoms with Crippen LogP contribution in [0.3, 0.4) is 0 Å². The van der Waals surface area contributed by atoms with E-state index < -0.39 is 10.0 Å². The second-order valence-corrected chi connectivity index (χ2v) is 8.91. The third kappa shape index (κ3) is 5.17. The highest BCUT2D eigenvalue weighted by atomic mass is 32.2. The van der Waals surface area contributed by atoms with Crippen LogP contribution in [0, 0.1) is 0 Å². The summed E-state index contributed by atoms with van der Waals surface area (Å²) >= 11 is 0. The molecule has 1 aliphatic rings. The summed E-state index contributed by atoms with van der Waals surface area (Å²) in [5.74, 6) is -0.0180. The number of carbonyl (C=O) groups excluding carboxylic acids is 1. The largest absolute Gasteiger partial charge is 0.312 e. The number of nitrogens with zero attached hydrogens (tertiary/aromatic N) is 2. The number of amides is 1. The number of para-hydroxylation sites is 1. The maximum absolute atomic E-state index is 12.8. The summed E-state index contributed by atoms with van der Waals surface area (Å²) in [7, 11) is -3.36. The molecule has 0 radical (unpaired) electrons. The number of benzene rings is 2. The van der Waals surface area contributed by atoms with Crippen molar-refractivity contribution in [2.24, 2.45) is 0 Å². The molecule has 5 nitrogen and oxygen atoms in total. The van der Waals surface area contributed by atoms with Gasteiger partial charge in [-0.3, -0.25) is 4.79 Å². The summed E-state index contributed by atoms with van der Waals surface area (Å²) in [6, 6.07) is 17.7. The van der Waals surface area contributed by atoms with E-state index in [-0.39, 0.29) is 18.9 Å². The maximum Gasteiger partial charge on any atom is 0.228 e. The molecule has 27 heavy (non-hydrogen) atoms. The Bertz CT molecular complexity index is 881. The van der Waals surface area contributed by atoms with Crippen LogP contribution in [-0.4, -0.2) is 44.5 Å². The van der Waals surface area contributed by atoms with Gasteiger partial charge in [-0.2, -0.15) is 0 Å². The highest BCUT2D eigenvalue weighted by molar-refractivity contribution is 7.88. The topological polar surface area (TPSA) is 57.7 Å². The molecule has 2 aromatic rings. The Morgan fingerprint density at radius 2 is 1.74 bits per heavy atom. The highest BCUT2D eigenvalue weighted by Crippen LogP contribution is 2.27. The Morgan fingerprint density at radius 3 is 2.48 bits per heavy atom. The van der Waals surface area contributed by atoms with Gasteiger partial charge in [0.15, 0.2) is 0 Å². The lowest BCUT2D eigenvalue weighted by Crippen LogP contribution is -2.39. The minimum Gasteiger partial charge on any atom is -0.312 e. The summed E-state index contributed by atoms with van der Waals surface area (Å²) in [5, 5.41) is 0. The van der Waals surface area contributed by atoms with Gasteiger partial charge in [-0.05, 0) is 36.5 Å². The molecule has 0 bridgehead atoms. The van der Waals surface area contributed by atoms with Gasteiger partial charge in [0.1, 0.15) is 0 Å². The fourth-order valence-electron chi connectivity index (χ4n) is 3.49. The highest BCUT2D eigenvalue weighted by Gasteiger charge is 2.24. The first-order valence-corrected chi connectivity index (χ1v) is 11.2. The molecule has 1 heterocycles. The quantitative estimate of drug-likeness (QED) is 0.735. The van der Waals surface area contributed by atoms with Gasteiger partial charge in [0, 0.05) is 31.7 Å². The Kier molecular flexibility index (Phi) is 6.29. The van der Waals surface area contributed by atoms with Gasteiger partial charge >= 0.3 is 0 Å². The van der Waals surface area contributed by atoms with Crippen molar-refractivity contribution in [3.05, 3.63) is 65.7 Å². The van der Waals surface area contributed by atoms with Gasteiger partial charge in [-0.1, -0.05) is 48.5 Å². The lowest BCUT2D eigenvalue weighted by molar-refractivity contribution is -0.118. The Hall–Kier alpha value is -2.18. The van der Waals surface area contributed by atoms with Crippen LogP contribution < -0.4 is 4.90 Å². The number of anilines is 1. The van der Waals surface area contributed by atoms with Crippen LogP contribution in [-0.2, 0) is 27.7 Å². The molecule has 3 rings (SSSR count). The zero-order valence-electron chi connectivity index (χ0n) is 15.7. The van der Waals surface area contributed by atoms with Gasteiger partial charge in [-0.25, -0.2) is 12.7 Å². The summed E-state index contributed by atoms with van der Waals surface area (Å²) < 4.78 is 25.7. The summed E-state index contributed by atoms with van der Waals surface area (Å²) in [6.45, 7) is 1.29. The van der Waals surface area contributed by atoms with Crippen LogP contribution >= 0.6 is 0 Å². The third-order valence-electron chi connectivity index (χ3n) is 4.95. The van der Waals surface area contributed by atoms with E-state index in [1.54, 1.807) is 4.90 Å². The van der Waals surface area contributed by atoms with E-state index in [4.69, 9.17) is 0 Å². The molecule has 0 fully saturated rings. The third-order valence-corrected chi connectivity index (χ3v) is 6.25. The number of hydrogen-bond acceptors (Lipinski definition) is 3. The molecule has 2 aromatic carbocycles. The first-order valence-electron chi connectivity index (χ1n) is 9.32. The van der Waals surface area contributed by atoms with Crippen molar-refractivity contribution in [3.63, 3.8) is 0 Å². The number of aryl methyl sites for hydroxylation is 1. The predicted octanol–water partition coefficient (Wildman–Crippen LogP) is 2.86. The molecule has 0 aromatic heterocycles. The first kappa shape index (κ1) is 19.6. The minimum atomic E-state index is -3.36. The average Bonchev–Trinajstić information content (AvgIpc) is 2.67. The van der Waals surface area contributed by atoms with E-state index in [1.165, 1.54) is 16.1 Å². The summed E-state index contributed by atoms with van der Waals surface area (Å²) in [4.78, 5) is 14.6. The fraction of sp³-hybridized carbons (Fsp3) is 0.381. The summed E-state index contributed by atoms with van der Waals surface area (Å²) in [6.07, 6.45) is 3.95. The lowest BCUT2D eigenvalue weighted by atomic mass is 10.0. The Labute approximate surface area is 161 Å². The zero-order chi connectivity index (χ0) is 19.3. The van der Waals surface area contributed by atoms with E-state index >= 15 is 0 Å². The number of rotatable bonds is 7. The molecule has 0 N–H and O–H groups in total. The summed E-state index contributed by atoms with van der Waals surface area (Å²) in [5.41, 5.74) is 3.23. The average molecular weight is 387 g/mol. The van der Waals surface area contributed by atoms with Crippen molar-refractivity contribution in [1.82, 2.24) is 4.31 Å². The van der Waals surface area contributed by atoms with Crippen LogP contribution in [0.15, 0.2) is 54.6 Å². The molecule has 6 heteroatoms. The first-order chi connectivity index (χ1) is 12.9.